The molecule has 1 unspecified atom stereocenters. The summed E-state index contributed by atoms with van der Waals surface area (Å²) in [6, 6.07) is 13.1. The predicted molar refractivity (Wildman–Crippen MR) is 67.7 cm³/mol. The third-order valence-electron chi connectivity index (χ3n) is 3.66. The molecule has 0 bridgehead atoms. The molecule has 2 heteroatoms. The second-order valence-corrected chi connectivity index (χ2v) is 4.68. The monoisotopic (exact) mass is 227 g/mol. The van der Waals surface area contributed by atoms with Gasteiger partial charge < -0.3 is 4.42 Å². The molecule has 0 spiro atoms. The Morgan fingerprint density at radius 3 is 2.71 bits per heavy atom. The lowest BCUT2D eigenvalue weighted by molar-refractivity contribution is 0.171. The lowest BCUT2D eigenvalue weighted by Crippen LogP contribution is -2.32. The molecule has 0 radical (unpaired) electrons. The first-order valence-corrected chi connectivity index (χ1v) is 6.19. The zero-order chi connectivity index (χ0) is 11.7. The van der Waals surface area contributed by atoms with E-state index in [9.17, 15) is 0 Å². The minimum Gasteiger partial charge on any atom is -0.468 e. The van der Waals surface area contributed by atoms with Gasteiger partial charge in [-0.25, -0.2) is 0 Å². The van der Waals surface area contributed by atoms with E-state index in [2.05, 4.69) is 42.2 Å². The van der Waals surface area contributed by atoms with Gasteiger partial charge in [0.25, 0.3) is 0 Å². The Hall–Kier alpha value is -1.54. The molecule has 2 heterocycles. The normalized spacial score (nSPS) is 17.7. The lowest BCUT2D eigenvalue weighted by atomic mass is 9.98. The quantitative estimate of drug-likeness (QED) is 0.781. The summed E-state index contributed by atoms with van der Waals surface area (Å²) in [5, 5.41) is 0. The Morgan fingerprint density at radius 2 is 1.94 bits per heavy atom. The Labute approximate surface area is 102 Å². The molecule has 3 rings (SSSR count). The van der Waals surface area contributed by atoms with Gasteiger partial charge in [-0.1, -0.05) is 24.3 Å². The first kappa shape index (κ1) is 10.6. The fourth-order valence-electron chi connectivity index (χ4n) is 2.56. The van der Waals surface area contributed by atoms with Gasteiger partial charge in [-0.05, 0) is 36.6 Å². The molecule has 0 saturated heterocycles. The van der Waals surface area contributed by atoms with Crippen LogP contribution in [0.15, 0.2) is 47.1 Å². The van der Waals surface area contributed by atoms with Crippen molar-refractivity contribution >= 4 is 0 Å². The molecular weight excluding hydrogens is 210 g/mol. The maximum absolute atomic E-state index is 5.49. The highest BCUT2D eigenvalue weighted by Crippen LogP contribution is 2.27. The van der Waals surface area contributed by atoms with Crippen molar-refractivity contribution in [1.29, 1.82) is 0 Å². The average molecular weight is 227 g/mol. The van der Waals surface area contributed by atoms with E-state index in [-0.39, 0.29) is 0 Å². The fraction of sp³-hybridized carbons (Fsp3) is 0.333. The highest BCUT2D eigenvalue weighted by molar-refractivity contribution is 5.29. The highest BCUT2D eigenvalue weighted by Gasteiger charge is 2.22. The predicted octanol–water partition coefficient (Wildman–Crippen LogP) is 3.40. The minimum absolute atomic E-state index is 0.360. The molecule has 1 aromatic carbocycles. The summed E-state index contributed by atoms with van der Waals surface area (Å²) < 4.78 is 5.49. The summed E-state index contributed by atoms with van der Waals surface area (Å²) in [6.07, 6.45) is 2.89. The van der Waals surface area contributed by atoms with E-state index < -0.39 is 0 Å². The number of rotatable bonds is 2. The van der Waals surface area contributed by atoms with E-state index in [1.807, 2.05) is 6.07 Å². The molecule has 2 aromatic rings. The van der Waals surface area contributed by atoms with Crippen LogP contribution in [0, 0.1) is 0 Å². The minimum atomic E-state index is 0.360. The van der Waals surface area contributed by atoms with Gasteiger partial charge in [0.05, 0.1) is 12.3 Å². The summed E-state index contributed by atoms with van der Waals surface area (Å²) in [7, 11) is 0. The van der Waals surface area contributed by atoms with Gasteiger partial charge in [0.2, 0.25) is 0 Å². The molecule has 1 aliphatic rings. The molecule has 88 valence electrons. The van der Waals surface area contributed by atoms with Crippen LogP contribution in [0.25, 0.3) is 0 Å². The summed E-state index contributed by atoms with van der Waals surface area (Å²) in [4.78, 5) is 2.47. The van der Waals surface area contributed by atoms with E-state index in [0.717, 1.165) is 25.3 Å². The van der Waals surface area contributed by atoms with Crippen LogP contribution in [0.2, 0.25) is 0 Å². The van der Waals surface area contributed by atoms with Gasteiger partial charge in [-0.2, -0.15) is 0 Å². The lowest BCUT2D eigenvalue weighted by Gasteiger charge is -2.32. The third kappa shape index (κ3) is 2.01. The van der Waals surface area contributed by atoms with E-state index in [0.29, 0.717) is 6.04 Å². The van der Waals surface area contributed by atoms with Crippen LogP contribution in [0.4, 0.5) is 0 Å². The number of benzene rings is 1. The largest absolute Gasteiger partial charge is 0.468 e. The Balaban J connectivity index is 1.80. The van der Waals surface area contributed by atoms with Crippen molar-refractivity contribution in [3.05, 3.63) is 59.5 Å². The second-order valence-electron chi connectivity index (χ2n) is 4.68. The van der Waals surface area contributed by atoms with Gasteiger partial charge in [-0.3, -0.25) is 4.90 Å². The molecule has 1 atom stereocenters. The molecular formula is C15H17NO. The molecule has 2 nitrogen and oxygen atoms in total. The van der Waals surface area contributed by atoms with Gasteiger partial charge in [-0.15, -0.1) is 0 Å². The van der Waals surface area contributed by atoms with Crippen molar-refractivity contribution in [2.75, 3.05) is 6.54 Å². The van der Waals surface area contributed by atoms with Gasteiger partial charge in [0.15, 0.2) is 0 Å². The van der Waals surface area contributed by atoms with E-state index in [4.69, 9.17) is 4.42 Å². The number of furan rings is 1. The molecule has 0 fully saturated rings. The molecule has 0 amide bonds. The highest BCUT2D eigenvalue weighted by atomic mass is 16.3. The first-order chi connectivity index (χ1) is 8.34. The van der Waals surface area contributed by atoms with E-state index in [1.165, 1.54) is 11.1 Å². The molecule has 0 saturated carbocycles. The van der Waals surface area contributed by atoms with Crippen LogP contribution in [0.1, 0.15) is 29.9 Å². The van der Waals surface area contributed by atoms with Gasteiger partial charge in [0.1, 0.15) is 5.76 Å². The Kier molecular flexibility index (Phi) is 2.73. The van der Waals surface area contributed by atoms with E-state index >= 15 is 0 Å². The molecule has 17 heavy (non-hydrogen) atoms. The van der Waals surface area contributed by atoms with Crippen LogP contribution in [0.5, 0.6) is 0 Å². The maximum Gasteiger partial charge on any atom is 0.120 e. The van der Waals surface area contributed by atoms with Crippen LogP contribution in [-0.2, 0) is 13.0 Å². The summed E-state index contributed by atoms with van der Waals surface area (Å²) in [6.45, 7) is 4.35. The van der Waals surface area contributed by atoms with Crippen LogP contribution < -0.4 is 0 Å². The summed E-state index contributed by atoms with van der Waals surface area (Å²) in [5.41, 5.74) is 2.95. The first-order valence-electron chi connectivity index (χ1n) is 6.19. The maximum atomic E-state index is 5.49. The van der Waals surface area contributed by atoms with Crippen LogP contribution >= 0.6 is 0 Å². The summed E-state index contributed by atoms with van der Waals surface area (Å²) >= 11 is 0. The third-order valence-corrected chi connectivity index (χ3v) is 3.66. The van der Waals surface area contributed by atoms with Gasteiger partial charge >= 0.3 is 0 Å². The van der Waals surface area contributed by atoms with Crippen molar-refractivity contribution in [3.8, 4) is 0 Å². The van der Waals surface area contributed by atoms with Gasteiger partial charge in [0, 0.05) is 13.1 Å². The smallest absolute Gasteiger partial charge is 0.120 e. The van der Waals surface area contributed by atoms with Crippen molar-refractivity contribution in [1.82, 2.24) is 4.90 Å². The number of fused-ring (bicyclic) bond motifs is 1. The molecule has 0 aliphatic carbocycles. The van der Waals surface area contributed by atoms with Crippen molar-refractivity contribution in [2.24, 2.45) is 0 Å². The van der Waals surface area contributed by atoms with Crippen molar-refractivity contribution in [2.45, 2.75) is 25.9 Å². The van der Waals surface area contributed by atoms with Crippen molar-refractivity contribution < 1.29 is 4.42 Å². The fourth-order valence-corrected chi connectivity index (χ4v) is 2.56. The second kappa shape index (κ2) is 4.38. The standard InChI is InChI=1S/C15H17NO/c1-12(15-7-4-10-17-15)16-9-8-13-5-2-3-6-14(13)11-16/h2-7,10,12H,8-9,11H2,1H3. The topological polar surface area (TPSA) is 16.4 Å². The summed E-state index contributed by atoms with van der Waals surface area (Å²) in [5.74, 6) is 1.06. The molecule has 0 N–H and O–H groups in total. The average Bonchev–Trinajstić information content (AvgIpc) is 2.91. The molecule has 1 aliphatic heterocycles. The van der Waals surface area contributed by atoms with Crippen molar-refractivity contribution in [3.63, 3.8) is 0 Å². The number of hydrogen-bond donors (Lipinski definition) is 0. The number of nitrogens with zero attached hydrogens (tertiary/aromatic N) is 1. The SMILES string of the molecule is CC(c1ccco1)N1CCc2ccccc2C1. The Morgan fingerprint density at radius 1 is 1.12 bits per heavy atom. The van der Waals surface area contributed by atoms with Crippen LogP contribution in [-0.4, -0.2) is 11.4 Å². The number of hydrogen-bond acceptors (Lipinski definition) is 2. The zero-order valence-corrected chi connectivity index (χ0v) is 10.1. The van der Waals surface area contributed by atoms with Crippen LogP contribution in [0.3, 0.4) is 0 Å². The van der Waals surface area contributed by atoms with E-state index in [1.54, 1.807) is 6.26 Å². The molecule has 1 aromatic heterocycles. The Bertz CT molecular complexity index is 489. The zero-order valence-electron chi connectivity index (χ0n) is 10.1.